The van der Waals surface area contributed by atoms with Crippen molar-refractivity contribution in [2.24, 2.45) is 0 Å². The number of hydrogen-bond donors (Lipinski definition) is 1. The maximum absolute atomic E-state index is 11.7. The minimum absolute atomic E-state index is 0.171. The molecule has 0 aromatic carbocycles. The molecule has 1 aliphatic heterocycles. The first-order valence-corrected chi connectivity index (χ1v) is 6.42. The van der Waals surface area contributed by atoms with Crippen molar-refractivity contribution in [3.05, 3.63) is 0 Å². The number of aliphatic hydroxyl groups is 1. The molecule has 1 N–H and O–H groups in total. The van der Waals surface area contributed by atoms with Gasteiger partial charge >= 0.3 is 5.97 Å². The summed E-state index contributed by atoms with van der Waals surface area (Å²) in [7, 11) is 0. The fourth-order valence-corrected chi connectivity index (χ4v) is 2.30. The van der Waals surface area contributed by atoms with E-state index in [9.17, 15) is 9.90 Å². The fraction of sp³-hybridized carbons (Fsp3) is 0.923. The first-order valence-electron chi connectivity index (χ1n) is 6.42. The number of carbonyl (C=O) groups excluding carboxylic acids is 1. The molecule has 0 amide bonds. The normalized spacial score (nSPS) is 23.7. The van der Waals surface area contributed by atoms with Crippen LogP contribution in [0.1, 0.15) is 47.0 Å². The molecule has 2 atom stereocenters. The van der Waals surface area contributed by atoms with Crippen molar-refractivity contribution in [3.63, 3.8) is 0 Å². The fourth-order valence-electron chi connectivity index (χ4n) is 2.30. The van der Waals surface area contributed by atoms with Crippen LogP contribution in [0.5, 0.6) is 0 Å². The molecule has 0 aromatic heterocycles. The Kier molecular flexibility index (Phi) is 4.95. The van der Waals surface area contributed by atoms with Gasteiger partial charge < -0.3 is 9.84 Å². The summed E-state index contributed by atoms with van der Waals surface area (Å²) in [4.78, 5) is 13.8. The largest absolute Gasteiger partial charge is 0.459 e. The standard InChI is InChI=1S/C13H25NO3/c1-10(15)8-11-6-5-7-14(11)9-12(16)17-13(2,3)4/h10-11,15H,5-9H2,1-4H3. The molecule has 1 aliphatic rings. The second kappa shape index (κ2) is 5.83. The van der Waals surface area contributed by atoms with Crippen LogP contribution in [0.15, 0.2) is 0 Å². The molecule has 1 rings (SSSR count). The Morgan fingerprint density at radius 2 is 2.18 bits per heavy atom. The predicted molar refractivity (Wildman–Crippen MR) is 66.7 cm³/mol. The summed E-state index contributed by atoms with van der Waals surface area (Å²) in [5.41, 5.74) is -0.420. The number of rotatable bonds is 4. The molecule has 4 nitrogen and oxygen atoms in total. The lowest BCUT2D eigenvalue weighted by atomic mass is 10.1. The highest BCUT2D eigenvalue weighted by Gasteiger charge is 2.28. The van der Waals surface area contributed by atoms with E-state index >= 15 is 0 Å². The zero-order chi connectivity index (χ0) is 13.1. The average molecular weight is 243 g/mol. The van der Waals surface area contributed by atoms with Crippen molar-refractivity contribution < 1.29 is 14.6 Å². The zero-order valence-electron chi connectivity index (χ0n) is 11.4. The van der Waals surface area contributed by atoms with Crippen LogP contribution >= 0.6 is 0 Å². The van der Waals surface area contributed by atoms with Crippen molar-refractivity contribution in [1.82, 2.24) is 4.90 Å². The zero-order valence-corrected chi connectivity index (χ0v) is 11.4. The second-order valence-electron chi connectivity index (χ2n) is 5.94. The summed E-state index contributed by atoms with van der Waals surface area (Å²) >= 11 is 0. The van der Waals surface area contributed by atoms with E-state index in [1.165, 1.54) is 0 Å². The van der Waals surface area contributed by atoms with E-state index in [0.29, 0.717) is 12.6 Å². The van der Waals surface area contributed by atoms with Crippen molar-refractivity contribution in [3.8, 4) is 0 Å². The number of ether oxygens (including phenoxy) is 1. The van der Waals surface area contributed by atoms with E-state index in [4.69, 9.17) is 4.74 Å². The first kappa shape index (κ1) is 14.5. The number of esters is 1. The molecule has 100 valence electrons. The molecule has 0 aliphatic carbocycles. The molecule has 0 spiro atoms. The van der Waals surface area contributed by atoms with Crippen molar-refractivity contribution in [2.45, 2.75) is 64.7 Å². The third-order valence-electron chi connectivity index (χ3n) is 2.86. The molecule has 0 bridgehead atoms. The van der Waals surface area contributed by atoms with Gasteiger partial charge in [-0.05, 0) is 53.5 Å². The van der Waals surface area contributed by atoms with Crippen LogP contribution in [0.25, 0.3) is 0 Å². The lowest BCUT2D eigenvalue weighted by molar-refractivity contribution is -0.156. The Labute approximate surface area is 104 Å². The van der Waals surface area contributed by atoms with Crippen LogP contribution in [0.3, 0.4) is 0 Å². The molecule has 0 aromatic rings. The topological polar surface area (TPSA) is 49.8 Å². The number of nitrogens with zero attached hydrogens (tertiary/aromatic N) is 1. The monoisotopic (exact) mass is 243 g/mol. The van der Waals surface area contributed by atoms with Crippen LogP contribution in [0.2, 0.25) is 0 Å². The quantitative estimate of drug-likeness (QED) is 0.761. The summed E-state index contributed by atoms with van der Waals surface area (Å²) in [6, 6.07) is 0.322. The van der Waals surface area contributed by atoms with E-state index in [-0.39, 0.29) is 12.1 Å². The Balaban J connectivity index is 2.42. The molecule has 17 heavy (non-hydrogen) atoms. The molecule has 1 fully saturated rings. The molecule has 1 heterocycles. The van der Waals surface area contributed by atoms with Gasteiger partial charge in [0, 0.05) is 6.04 Å². The second-order valence-corrected chi connectivity index (χ2v) is 5.94. The summed E-state index contributed by atoms with van der Waals surface area (Å²) in [5.74, 6) is -0.171. The van der Waals surface area contributed by atoms with Crippen LogP contribution in [-0.2, 0) is 9.53 Å². The number of carbonyl (C=O) groups is 1. The van der Waals surface area contributed by atoms with Gasteiger partial charge in [-0.1, -0.05) is 0 Å². The van der Waals surface area contributed by atoms with E-state index < -0.39 is 5.60 Å². The van der Waals surface area contributed by atoms with Crippen molar-refractivity contribution >= 4 is 5.97 Å². The number of hydrogen-bond acceptors (Lipinski definition) is 4. The third-order valence-corrected chi connectivity index (χ3v) is 2.86. The molecular weight excluding hydrogens is 218 g/mol. The highest BCUT2D eigenvalue weighted by Crippen LogP contribution is 2.21. The minimum Gasteiger partial charge on any atom is -0.459 e. The van der Waals surface area contributed by atoms with Gasteiger partial charge in [0.15, 0.2) is 0 Å². The van der Waals surface area contributed by atoms with E-state index in [1.807, 2.05) is 20.8 Å². The average Bonchev–Trinajstić information content (AvgIpc) is 2.47. The van der Waals surface area contributed by atoms with Crippen LogP contribution in [0, 0.1) is 0 Å². The Hall–Kier alpha value is -0.610. The molecule has 0 radical (unpaired) electrons. The molecular formula is C13H25NO3. The Bertz CT molecular complexity index is 258. The van der Waals surface area contributed by atoms with Gasteiger partial charge in [-0.2, -0.15) is 0 Å². The SMILES string of the molecule is CC(O)CC1CCCN1CC(=O)OC(C)(C)C. The lowest BCUT2D eigenvalue weighted by Gasteiger charge is -2.26. The van der Waals surface area contributed by atoms with Gasteiger partial charge in [-0.25, -0.2) is 0 Å². The van der Waals surface area contributed by atoms with Gasteiger partial charge in [0.1, 0.15) is 5.60 Å². The number of likely N-dealkylation sites (tertiary alicyclic amines) is 1. The minimum atomic E-state index is -0.420. The molecule has 4 heteroatoms. The third kappa shape index (κ3) is 5.50. The molecule has 2 unspecified atom stereocenters. The van der Waals surface area contributed by atoms with Gasteiger partial charge in [-0.3, -0.25) is 9.69 Å². The van der Waals surface area contributed by atoms with Crippen LogP contribution in [-0.4, -0.2) is 46.8 Å². The predicted octanol–water partition coefficient (Wildman–Crippen LogP) is 1.56. The van der Waals surface area contributed by atoms with Crippen LogP contribution in [0.4, 0.5) is 0 Å². The van der Waals surface area contributed by atoms with Gasteiger partial charge in [0.05, 0.1) is 12.6 Å². The van der Waals surface area contributed by atoms with E-state index in [2.05, 4.69) is 4.90 Å². The smallest absolute Gasteiger partial charge is 0.320 e. The van der Waals surface area contributed by atoms with Gasteiger partial charge in [0.25, 0.3) is 0 Å². The van der Waals surface area contributed by atoms with Crippen molar-refractivity contribution in [1.29, 1.82) is 0 Å². The number of aliphatic hydroxyl groups excluding tert-OH is 1. The highest BCUT2D eigenvalue weighted by molar-refractivity contribution is 5.72. The van der Waals surface area contributed by atoms with Gasteiger partial charge in [-0.15, -0.1) is 0 Å². The van der Waals surface area contributed by atoms with Crippen LogP contribution < -0.4 is 0 Å². The first-order chi connectivity index (χ1) is 7.78. The molecule has 0 saturated carbocycles. The maximum atomic E-state index is 11.7. The van der Waals surface area contributed by atoms with Crippen molar-refractivity contribution in [2.75, 3.05) is 13.1 Å². The Morgan fingerprint density at radius 1 is 1.53 bits per heavy atom. The highest BCUT2D eigenvalue weighted by atomic mass is 16.6. The summed E-state index contributed by atoms with van der Waals surface area (Å²) in [6.07, 6.45) is 2.59. The van der Waals surface area contributed by atoms with E-state index in [1.54, 1.807) is 6.92 Å². The summed E-state index contributed by atoms with van der Waals surface area (Å²) in [5, 5.41) is 9.41. The van der Waals surface area contributed by atoms with Gasteiger partial charge in [0.2, 0.25) is 0 Å². The summed E-state index contributed by atoms with van der Waals surface area (Å²) < 4.78 is 5.31. The summed E-state index contributed by atoms with van der Waals surface area (Å²) in [6.45, 7) is 8.70. The van der Waals surface area contributed by atoms with E-state index in [0.717, 1.165) is 25.8 Å². The maximum Gasteiger partial charge on any atom is 0.320 e. The Morgan fingerprint density at radius 3 is 2.71 bits per heavy atom. The lowest BCUT2D eigenvalue weighted by Crippen LogP contribution is -2.38. The molecule has 1 saturated heterocycles.